The molecule has 0 spiro atoms. The van der Waals surface area contributed by atoms with E-state index in [4.69, 9.17) is 9.15 Å². The molecule has 140 valence electrons. The first-order valence-electron chi connectivity index (χ1n) is 9.13. The number of aromatic nitrogens is 2. The molecular formula is C23H21N3O2. The van der Waals surface area contributed by atoms with Crippen LogP contribution in [0.25, 0.3) is 11.5 Å². The van der Waals surface area contributed by atoms with E-state index >= 15 is 0 Å². The second-order valence-corrected chi connectivity index (χ2v) is 6.39. The summed E-state index contributed by atoms with van der Waals surface area (Å²) in [5.74, 6) is 1.88. The Labute approximate surface area is 164 Å². The van der Waals surface area contributed by atoms with E-state index in [-0.39, 0.29) is 6.04 Å². The molecule has 0 aliphatic rings. The van der Waals surface area contributed by atoms with Gasteiger partial charge in [-0.15, -0.1) is 10.2 Å². The van der Waals surface area contributed by atoms with Crippen LogP contribution in [0.3, 0.4) is 0 Å². The van der Waals surface area contributed by atoms with Gasteiger partial charge < -0.3 is 9.15 Å². The molecule has 5 nitrogen and oxygen atoms in total. The third-order valence-electron chi connectivity index (χ3n) is 4.49. The average Bonchev–Trinajstić information content (AvgIpc) is 3.25. The second kappa shape index (κ2) is 8.50. The molecule has 1 N–H and O–H groups in total. The molecule has 1 unspecified atom stereocenters. The molecule has 0 saturated carbocycles. The Kier molecular flexibility index (Phi) is 5.45. The molecule has 0 aliphatic heterocycles. The smallest absolute Gasteiger partial charge is 0.247 e. The highest BCUT2D eigenvalue weighted by atomic mass is 16.5. The number of benzene rings is 3. The minimum Gasteiger partial charge on any atom is -0.497 e. The van der Waals surface area contributed by atoms with E-state index in [1.54, 1.807) is 7.11 Å². The van der Waals surface area contributed by atoms with Gasteiger partial charge in [0.1, 0.15) is 11.8 Å². The summed E-state index contributed by atoms with van der Waals surface area (Å²) in [6, 6.07) is 27.7. The maximum atomic E-state index is 6.01. The molecule has 0 aliphatic carbocycles. The molecule has 3 aromatic carbocycles. The number of nitrogens with zero attached hydrogens (tertiary/aromatic N) is 2. The van der Waals surface area contributed by atoms with Crippen LogP contribution in [0.4, 0.5) is 0 Å². The number of methoxy groups -OCH3 is 1. The predicted molar refractivity (Wildman–Crippen MR) is 108 cm³/mol. The molecule has 5 heteroatoms. The van der Waals surface area contributed by atoms with Crippen LogP contribution in [0.5, 0.6) is 5.75 Å². The van der Waals surface area contributed by atoms with Crippen molar-refractivity contribution >= 4 is 0 Å². The molecule has 4 aromatic rings. The van der Waals surface area contributed by atoms with Crippen molar-refractivity contribution in [3.05, 3.63) is 102 Å². The van der Waals surface area contributed by atoms with Crippen LogP contribution in [0.2, 0.25) is 0 Å². The van der Waals surface area contributed by atoms with Crippen LogP contribution in [-0.4, -0.2) is 17.3 Å². The molecule has 0 saturated heterocycles. The zero-order valence-corrected chi connectivity index (χ0v) is 15.6. The van der Waals surface area contributed by atoms with Gasteiger partial charge in [0.05, 0.1) is 7.11 Å². The molecule has 0 amide bonds. The predicted octanol–water partition coefficient (Wildman–Crippen LogP) is 4.62. The summed E-state index contributed by atoms with van der Waals surface area (Å²) in [6.07, 6.45) is 0. The van der Waals surface area contributed by atoms with Crippen LogP contribution in [0.15, 0.2) is 89.3 Å². The lowest BCUT2D eigenvalue weighted by atomic mass is 10.1. The maximum Gasteiger partial charge on any atom is 0.247 e. The Hall–Kier alpha value is -3.44. The van der Waals surface area contributed by atoms with Crippen molar-refractivity contribution in [3.63, 3.8) is 0 Å². The molecule has 4 rings (SSSR count). The molecule has 1 aromatic heterocycles. The highest BCUT2D eigenvalue weighted by Crippen LogP contribution is 2.25. The van der Waals surface area contributed by atoms with Gasteiger partial charge in [-0.2, -0.15) is 0 Å². The van der Waals surface area contributed by atoms with Crippen LogP contribution in [0.1, 0.15) is 23.1 Å². The fourth-order valence-corrected chi connectivity index (χ4v) is 3.04. The first-order chi connectivity index (χ1) is 13.8. The third kappa shape index (κ3) is 4.10. The largest absolute Gasteiger partial charge is 0.497 e. The average molecular weight is 371 g/mol. The van der Waals surface area contributed by atoms with Gasteiger partial charge in [0.15, 0.2) is 0 Å². The molecule has 0 radical (unpaired) electrons. The fraction of sp³-hybridized carbons (Fsp3) is 0.130. The molecule has 1 heterocycles. The van der Waals surface area contributed by atoms with Gasteiger partial charge in [0, 0.05) is 12.1 Å². The van der Waals surface area contributed by atoms with Crippen LogP contribution in [-0.2, 0) is 6.54 Å². The van der Waals surface area contributed by atoms with Crippen LogP contribution < -0.4 is 10.1 Å². The van der Waals surface area contributed by atoms with Gasteiger partial charge in [-0.3, -0.25) is 5.32 Å². The van der Waals surface area contributed by atoms with Gasteiger partial charge in [-0.05, 0) is 35.4 Å². The quantitative estimate of drug-likeness (QED) is 0.513. The third-order valence-corrected chi connectivity index (χ3v) is 4.49. The van der Waals surface area contributed by atoms with Gasteiger partial charge in [-0.25, -0.2) is 0 Å². The van der Waals surface area contributed by atoms with E-state index < -0.39 is 0 Å². The summed E-state index contributed by atoms with van der Waals surface area (Å²) in [5.41, 5.74) is 3.08. The van der Waals surface area contributed by atoms with Crippen molar-refractivity contribution < 1.29 is 9.15 Å². The molecule has 28 heavy (non-hydrogen) atoms. The van der Waals surface area contributed by atoms with Crippen molar-refractivity contribution in [2.45, 2.75) is 12.6 Å². The zero-order valence-electron chi connectivity index (χ0n) is 15.6. The standard InChI is InChI=1S/C23H21N3O2/c1-27-20-14-8-9-17(15-20)16-24-21(18-10-4-2-5-11-18)23-26-25-22(28-23)19-12-6-3-7-13-19/h2-15,21,24H,16H2,1H3. The Morgan fingerprint density at radius 2 is 1.64 bits per heavy atom. The van der Waals surface area contributed by atoms with E-state index in [1.165, 1.54) is 0 Å². The highest BCUT2D eigenvalue weighted by Gasteiger charge is 2.21. The van der Waals surface area contributed by atoms with Crippen molar-refractivity contribution in [1.29, 1.82) is 0 Å². The highest BCUT2D eigenvalue weighted by molar-refractivity contribution is 5.51. The number of nitrogens with one attached hydrogen (secondary N) is 1. The fourth-order valence-electron chi connectivity index (χ4n) is 3.04. The van der Waals surface area contributed by atoms with Crippen molar-refractivity contribution in [3.8, 4) is 17.2 Å². The number of ether oxygens (including phenoxy) is 1. The van der Waals surface area contributed by atoms with Gasteiger partial charge in [-0.1, -0.05) is 60.7 Å². The Bertz CT molecular complexity index is 1020. The maximum absolute atomic E-state index is 6.01. The van der Waals surface area contributed by atoms with E-state index in [0.717, 1.165) is 22.4 Å². The first-order valence-corrected chi connectivity index (χ1v) is 9.13. The topological polar surface area (TPSA) is 60.2 Å². The lowest BCUT2D eigenvalue weighted by Crippen LogP contribution is -2.22. The van der Waals surface area contributed by atoms with Crippen molar-refractivity contribution in [2.24, 2.45) is 0 Å². The second-order valence-electron chi connectivity index (χ2n) is 6.39. The summed E-state index contributed by atoms with van der Waals surface area (Å²) >= 11 is 0. The summed E-state index contributed by atoms with van der Waals surface area (Å²) in [4.78, 5) is 0. The van der Waals surface area contributed by atoms with Crippen LogP contribution >= 0.6 is 0 Å². The lowest BCUT2D eigenvalue weighted by molar-refractivity contribution is 0.413. The molecule has 0 fully saturated rings. The molecule has 0 bridgehead atoms. The Balaban J connectivity index is 1.60. The number of hydrogen-bond donors (Lipinski definition) is 1. The van der Waals surface area contributed by atoms with Crippen molar-refractivity contribution in [2.75, 3.05) is 7.11 Å². The van der Waals surface area contributed by atoms with Gasteiger partial charge in [0.2, 0.25) is 11.8 Å². The summed E-state index contributed by atoms with van der Waals surface area (Å²) in [5, 5.41) is 12.1. The monoisotopic (exact) mass is 371 g/mol. The number of hydrogen-bond acceptors (Lipinski definition) is 5. The SMILES string of the molecule is COc1cccc(CNC(c2ccccc2)c2nnc(-c3ccccc3)o2)c1. The lowest BCUT2D eigenvalue weighted by Gasteiger charge is -2.16. The first kappa shape index (κ1) is 17.9. The normalized spacial score (nSPS) is 11.9. The Morgan fingerprint density at radius 1 is 0.893 bits per heavy atom. The van der Waals surface area contributed by atoms with Crippen LogP contribution in [0, 0.1) is 0 Å². The Morgan fingerprint density at radius 3 is 2.39 bits per heavy atom. The van der Waals surface area contributed by atoms with Gasteiger partial charge >= 0.3 is 0 Å². The van der Waals surface area contributed by atoms with Gasteiger partial charge in [0.25, 0.3) is 0 Å². The summed E-state index contributed by atoms with van der Waals surface area (Å²) < 4.78 is 11.3. The van der Waals surface area contributed by atoms with E-state index in [1.807, 2.05) is 66.7 Å². The van der Waals surface area contributed by atoms with E-state index in [0.29, 0.717) is 18.3 Å². The zero-order chi connectivity index (χ0) is 19.2. The summed E-state index contributed by atoms with van der Waals surface area (Å²) in [7, 11) is 1.67. The van der Waals surface area contributed by atoms with E-state index in [2.05, 4.69) is 33.7 Å². The minimum atomic E-state index is -0.211. The summed E-state index contributed by atoms with van der Waals surface area (Å²) in [6.45, 7) is 0.639. The molecule has 1 atom stereocenters. The van der Waals surface area contributed by atoms with E-state index in [9.17, 15) is 0 Å². The van der Waals surface area contributed by atoms with Crippen molar-refractivity contribution in [1.82, 2.24) is 15.5 Å². The number of rotatable bonds is 7. The molecular weight excluding hydrogens is 350 g/mol. The minimum absolute atomic E-state index is 0.211.